The summed E-state index contributed by atoms with van der Waals surface area (Å²) in [5.74, 6) is -1.16. The lowest BCUT2D eigenvalue weighted by molar-refractivity contribution is -0.137. The molecule has 1 amide bonds. The normalized spacial score (nSPS) is 18.3. The zero-order valence-electron chi connectivity index (χ0n) is 11.7. The largest absolute Gasteiger partial charge is 0.481 e. The monoisotopic (exact) mass is 277 g/mol. The molecule has 1 aromatic heterocycles. The molecule has 6 heteroatoms. The summed E-state index contributed by atoms with van der Waals surface area (Å²) in [6.07, 6.45) is 0.969. The third-order valence-electron chi connectivity index (χ3n) is 3.64. The van der Waals surface area contributed by atoms with Gasteiger partial charge >= 0.3 is 5.97 Å². The summed E-state index contributed by atoms with van der Waals surface area (Å²) in [6, 6.07) is 1.84. The van der Waals surface area contributed by atoms with E-state index in [0.717, 1.165) is 24.3 Å². The highest BCUT2D eigenvalue weighted by Gasteiger charge is 2.28. The molecule has 3 N–H and O–H groups in total. The second kappa shape index (κ2) is 5.48. The van der Waals surface area contributed by atoms with Gasteiger partial charge in [0.05, 0.1) is 16.9 Å². The van der Waals surface area contributed by atoms with E-state index in [1.54, 1.807) is 6.92 Å². The fourth-order valence-corrected chi connectivity index (χ4v) is 2.83. The number of primary amides is 1. The van der Waals surface area contributed by atoms with Crippen molar-refractivity contribution in [2.24, 2.45) is 11.7 Å². The van der Waals surface area contributed by atoms with Gasteiger partial charge in [-0.15, -0.1) is 0 Å². The highest BCUT2D eigenvalue weighted by atomic mass is 16.4. The van der Waals surface area contributed by atoms with Crippen molar-refractivity contribution in [2.45, 2.75) is 26.7 Å². The molecule has 0 aliphatic carbocycles. The van der Waals surface area contributed by atoms with Crippen LogP contribution in [0.2, 0.25) is 0 Å². The number of aliphatic carboxylic acids is 1. The maximum absolute atomic E-state index is 11.6. The number of carboxylic acid groups (broad SMARTS) is 1. The number of rotatable bonds is 4. The number of nitrogens with two attached hydrogens (primary N) is 1. The Hall–Kier alpha value is -2.11. The Morgan fingerprint density at radius 2 is 2.20 bits per heavy atom. The van der Waals surface area contributed by atoms with Gasteiger partial charge in [0.1, 0.15) is 0 Å². The molecule has 0 bridgehead atoms. The molecule has 0 aromatic carbocycles. The van der Waals surface area contributed by atoms with Gasteiger partial charge in [-0.1, -0.05) is 0 Å². The van der Waals surface area contributed by atoms with Crippen LogP contribution in [0, 0.1) is 19.8 Å². The van der Waals surface area contributed by atoms with Crippen LogP contribution in [-0.2, 0) is 4.79 Å². The van der Waals surface area contributed by atoms with Gasteiger partial charge in [0, 0.05) is 25.2 Å². The summed E-state index contributed by atoms with van der Waals surface area (Å²) in [6.45, 7) is 5.00. The minimum absolute atomic E-state index is 0.113. The van der Waals surface area contributed by atoms with E-state index < -0.39 is 11.9 Å². The second-order valence-corrected chi connectivity index (χ2v) is 5.31. The van der Waals surface area contributed by atoms with Gasteiger partial charge in [-0.05, 0) is 32.3 Å². The Labute approximate surface area is 117 Å². The van der Waals surface area contributed by atoms with Gasteiger partial charge in [0.2, 0.25) is 0 Å². The minimum atomic E-state index is -0.783. The summed E-state index contributed by atoms with van der Waals surface area (Å²) in [5, 5.41) is 8.86. The lowest BCUT2D eigenvalue weighted by Gasteiger charge is -2.22. The molecular weight excluding hydrogens is 258 g/mol. The highest BCUT2D eigenvalue weighted by molar-refractivity contribution is 5.99. The number of nitrogens with zero attached hydrogens (tertiary/aromatic N) is 2. The van der Waals surface area contributed by atoms with Gasteiger partial charge < -0.3 is 15.7 Å². The van der Waals surface area contributed by atoms with E-state index in [4.69, 9.17) is 10.8 Å². The molecule has 0 saturated carbocycles. The number of aromatic nitrogens is 1. The number of pyridine rings is 1. The van der Waals surface area contributed by atoms with Gasteiger partial charge in [-0.25, -0.2) is 0 Å². The van der Waals surface area contributed by atoms with Crippen LogP contribution in [0.1, 0.15) is 34.6 Å². The quantitative estimate of drug-likeness (QED) is 0.859. The predicted molar refractivity (Wildman–Crippen MR) is 74.8 cm³/mol. The maximum Gasteiger partial charge on any atom is 0.303 e. The lowest BCUT2D eigenvalue weighted by atomic mass is 10.1. The van der Waals surface area contributed by atoms with Crippen LogP contribution in [0.15, 0.2) is 6.07 Å². The Morgan fingerprint density at radius 1 is 1.50 bits per heavy atom. The van der Waals surface area contributed by atoms with Crippen LogP contribution in [0.25, 0.3) is 0 Å². The first kappa shape index (κ1) is 14.3. The molecule has 1 aliphatic heterocycles. The van der Waals surface area contributed by atoms with Crippen molar-refractivity contribution in [2.75, 3.05) is 18.0 Å². The third kappa shape index (κ3) is 2.89. The lowest BCUT2D eigenvalue weighted by Crippen LogP contribution is -2.26. The summed E-state index contributed by atoms with van der Waals surface area (Å²) in [7, 11) is 0. The molecule has 2 rings (SSSR count). The Bertz CT molecular complexity index is 557. The molecule has 0 spiro atoms. The third-order valence-corrected chi connectivity index (χ3v) is 3.64. The van der Waals surface area contributed by atoms with Gasteiger partial charge in [0.15, 0.2) is 0 Å². The fraction of sp³-hybridized carbons (Fsp3) is 0.500. The molecule has 6 nitrogen and oxygen atoms in total. The van der Waals surface area contributed by atoms with E-state index in [0.29, 0.717) is 17.8 Å². The van der Waals surface area contributed by atoms with Gasteiger partial charge in [-0.3, -0.25) is 14.6 Å². The smallest absolute Gasteiger partial charge is 0.303 e. The SMILES string of the molecule is Cc1cc(N2CCC(CC(=O)O)C2)c(C(N)=O)c(C)n1. The maximum atomic E-state index is 11.6. The van der Waals surface area contributed by atoms with E-state index in [9.17, 15) is 9.59 Å². The van der Waals surface area contributed by atoms with E-state index >= 15 is 0 Å². The first-order chi connectivity index (χ1) is 9.38. The van der Waals surface area contributed by atoms with Gasteiger partial charge in [0.25, 0.3) is 5.91 Å². The number of anilines is 1. The average molecular weight is 277 g/mol. The number of amides is 1. The molecule has 1 fully saturated rings. The molecule has 108 valence electrons. The molecule has 20 heavy (non-hydrogen) atoms. The molecule has 2 heterocycles. The minimum Gasteiger partial charge on any atom is -0.481 e. The van der Waals surface area contributed by atoms with Crippen LogP contribution < -0.4 is 10.6 Å². The molecule has 1 aromatic rings. The van der Waals surface area contributed by atoms with Crippen molar-refractivity contribution in [3.05, 3.63) is 23.0 Å². The zero-order chi connectivity index (χ0) is 14.9. The summed E-state index contributed by atoms with van der Waals surface area (Å²) in [4.78, 5) is 28.7. The van der Waals surface area contributed by atoms with Gasteiger partial charge in [-0.2, -0.15) is 0 Å². The van der Waals surface area contributed by atoms with Crippen molar-refractivity contribution < 1.29 is 14.7 Å². The van der Waals surface area contributed by atoms with Crippen LogP contribution in [0.3, 0.4) is 0 Å². The standard InChI is InChI=1S/C14H19N3O3/c1-8-5-11(13(14(15)20)9(2)16-8)17-4-3-10(7-17)6-12(18)19/h5,10H,3-4,6-7H2,1-2H3,(H2,15,20)(H,18,19). The van der Waals surface area contributed by atoms with Crippen molar-refractivity contribution in [1.82, 2.24) is 4.98 Å². The molecule has 1 saturated heterocycles. The number of hydrogen-bond donors (Lipinski definition) is 2. The number of aryl methyl sites for hydroxylation is 2. The Balaban J connectivity index is 2.29. The van der Waals surface area contributed by atoms with Crippen LogP contribution in [0.5, 0.6) is 0 Å². The van der Waals surface area contributed by atoms with Crippen molar-refractivity contribution in [1.29, 1.82) is 0 Å². The van der Waals surface area contributed by atoms with Crippen molar-refractivity contribution >= 4 is 17.6 Å². The fourth-order valence-electron chi connectivity index (χ4n) is 2.83. The van der Waals surface area contributed by atoms with E-state index in [1.807, 2.05) is 17.9 Å². The first-order valence-electron chi connectivity index (χ1n) is 6.63. The Kier molecular flexibility index (Phi) is 3.92. The number of carboxylic acids is 1. The average Bonchev–Trinajstić information content (AvgIpc) is 2.74. The summed E-state index contributed by atoms with van der Waals surface area (Å²) in [5.41, 5.74) is 8.10. The molecule has 1 unspecified atom stereocenters. The first-order valence-corrected chi connectivity index (χ1v) is 6.63. The van der Waals surface area contributed by atoms with Crippen molar-refractivity contribution in [3.8, 4) is 0 Å². The molecule has 1 atom stereocenters. The van der Waals surface area contributed by atoms with Crippen LogP contribution in [-0.4, -0.2) is 35.1 Å². The highest BCUT2D eigenvalue weighted by Crippen LogP contribution is 2.30. The van der Waals surface area contributed by atoms with Crippen molar-refractivity contribution in [3.63, 3.8) is 0 Å². The Morgan fingerprint density at radius 3 is 2.80 bits per heavy atom. The van der Waals surface area contributed by atoms with Crippen LogP contribution >= 0.6 is 0 Å². The summed E-state index contributed by atoms with van der Waals surface area (Å²) >= 11 is 0. The van der Waals surface area contributed by atoms with E-state index in [2.05, 4.69) is 4.98 Å². The van der Waals surface area contributed by atoms with E-state index in [1.165, 1.54) is 0 Å². The number of carbonyl (C=O) groups excluding carboxylic acids is 1. The number of hydrogen-bond acceptors (Lipinski definition) is 4. The molecule has 1 aliphatic rings. The number of carbonyl (C=O) groups is 2. The van der Waals surface area contributed by atoms with Crippen LogP contribution in [0.4, 0.5) is 5.69 Å². The molecule has 0 radical (unpaired) electrons. The zero-order valence-corrected chi connectivity index (χ0v) is 11.7. The summed E-state index contributed by atoms with van der Waals surface area (Å²) < 4.78 is 0. The predicted octanol–water partition coefficient (Wildman–Crippen LogP) is 1.10. The molecular formula is C14H19N3O3. The van der Waals surface area contributed by atoms with E-state index in [-0.39, 0.29) is 12.3 Å². The topological polar surface area (TPSA) is 96.5 Å². The second-order valence-electron chi connectivity index (χ2n) is 5.31.